The number of hydrogen-bond donors (Lipinski definition) is 0. The van der Waals surface area contributed by atoms with Gasteiger partial charge in [-0.1, -0.05) is 29.8 Å². The number of carbonyl (C=O) groups excluding carboxylic acids is 3. The van der Waals surface area contributed by atoms with Crippen LogP contribution in [0.25, 0.3) is 0 Å². The number of anilines is 1. The number of benzene rings is 1. The van der Waals surface area contributed by atoms with Gasteiger partial charge in [-0.15, -0.1) is 0 Å². The van der Waals surface area contributed by atoms with Gasteiger partial charge in [0.15, 0.2) is 0 Å². The maximum absolute atomic E-state index is 12.0. The summed E-state index contributed by atoms with van der Waals surface area (Å²) in [6, 6.07) is 2.92. The molecule has 0 aromatic heterocycles. The third kappa shape index (κ3) is 2.66. The van der Waals surface area contributed by atoms with Crippen LogP contribution in [-0.4, -0.2) is 30.8 Å². The number of esters is 1. The molecule has 21 heavy (non-hydrogen) atoms. The number of Topliss-reactive ketones (excluding diaryl/α,β-unsaturated/α-hetero) is 1. The average Bonchev–Trinajstić information content (AvgIpc) is 2.69. The quantitative estimate of drug-likeness (QED) is 0.484. The van der Waals surface area contributed by atoms with Gasteiger partial charge in [0.1, 0.15) is 0 Å². The Labute approximate surface area is 131 Å². The highest BCUT2D eigenvalue weighted by molar-refractivity contribution is 6.57. The Morgan fingerprint density at radius 3 is 2.52 bits per heavy atom. The van der Waals surface area contributed by atoms with E-state index in [0.717, 1.165) is 4.90 Å². The number of hydrogen-bond acceptors (Lipinski definition) is 4. The summed E-state index contributed by atoms with van der Waals surface area (Å²) in [6.45, 7) is 5.22. The van der Waals surface area contributed by atoms with Crippen molar-refractivity contribution in [2.75, 3.05) is 18.1 Å². The molecule has 0 saturated carbocycles. The van der Waals surface area contributed by atoms with E-state index >= 15 is 0 Å². The molecule has 0 unspecified atom stereocenters. The standard InChI is InChI=1S/C14H11Cl2NO4/c1-3-21-14(20)7(2)6-17-11-9(16)5-4-8(15)10(11)12(18)13(17)19/h4-5H,2-3,6H2,1H3. The molecule has 0 radical (unpaired) electrons. The van der Waals surface area contributed by atoms with E-state index in [4.69, 9.17) is 27.9 Å². The summed E-state index contributed by atoms with van der Waals surface area (Å²) in [4.78, 5) is 36.7. The molecule has 0 atom stereocenters. The highest BCUT2D eigenvalue weighted by atomic mass is 35.5. The predicted molar refractivity (Wildman–Crippen MR) is 78.9 cm³/mol. The van der Waals surface area contributed by atoms with Gasteiger partial charge in [-0.3, -0.25) is 14.5 Å². The van der Waals surface area contributed by atoms with Crippen molar-refractivity contribution >= 4 is 46.5 Å². The second kappa shape index (κ2) is 5.87. The van der Waals surface area contributed by atoms with Gasteiger partial charge in [0.05, 0.1) is 34.4 Å². The van der Waals surface area contributed by atoms with Crippen molar-refractivity contribution in [1.29, 1.82) is 0 Å². The Kier molecular flexibility index (Phi) is 4.34. The third-order valence-electron chi connectivity index (χ3n) is 2.93. The minimum absolute atomic E-state index is 0.0434. The summed E-state index contributed by atoms with van der Waals surface area (Å²) >= 11 is 12.0. The van der Waals surface area contributed by atoms with Crippen molar-refractivity contribution < 1.29 is 19.1 Å². The van der Waals surface area contributed by atoms with E-state index in [0.29, 0.717) is 0 Å². The van der Waals surface area contributed by atoms with Gasteiger partial charge in [0.25, 0.3) is 11.7 Å². The number of nitrogens with zero attached hydrogens (tertiary/aromatic N) is 1. The minimum Gasteiger partial charge on any atom is -0.463 e. The van der Waals surface area contributed by atoms with Crippen LogP contribution in [0.5, 0.6) is 0 Å². The van der Waals surface area contributed by atoms with E-state index in [2.05, 4.69) is 6.58 Å². The zero-order chi connectivity index (χ0) is 15.7. The smallest absolute Gasteiger partial charge is 0.335 e. The van der Waals surface area contributed by atoms with E-state index < -0.39 is 17.7 Å². The first kappa shape index (κ1) is 15.5. The highest BCUT2D eigenvalue weighted by Gasteiger charge is 2.39. The van der Waals surface area contributed by atoms with E-state index in [-0.39, 0.29) is 40.0 Å². The van der Waals surface area contributed by atoms with Crippen LogP contribution in [0.3, 0.4) is 0 Å². The van der Waals surface area contributed by atoms with Gasteiger partial charge in [-0.25, -0.2) is 4.79 Å². The lowest BCUT2D eigenvalue weighted by molar-refractivity contribution is -0.138. The molecule has 1 aromatic rings. The number of rotatable bonds is 4. The second-order valence-corrected chi connectivity index (χ2v) is 5.11. The molecule has 0 N–H and O–H groups in total. The molecule has 1 aliphatic rings. The van der Waals surface area contributed by atoms with Gasteiger partial charge in [-0.2, -0.15) is 0 Å². The Morgan fingerprint density at radius 2 is 1.90 bits per heavy atom. The van der Waals surface area contributed by atoms with Gasteiger partial charge < -0.3 is 4.74 Å². The lowest BCUT2D eigenvalue weighted by Crippen LogP contribution is -2.33. The molecule has 0 fully saturated rings. The van der Waals surface area contributed by atoms with Crippen molar-refractivity contribution in [3.8, 4) is 0 Å². The minimum atomic E-state index is -0.801. The fourth-order valence-corrected chi connectivity index (χ4v) is 2.49. The Balaban J connectivity index is 2.38. The number of ketones is 1. The molecule has 1 amide bonds. The number of fused-ring (bicyclic) bond motifs is 1. The highest BCUT2D eigenvalue weighted by Crippen LogP contribution is 2.40. The molecule has 0 saturated heterocycles. The second-order valence-electron chi connectivity index (χ2n) is 4.30. The molecular weight excluding hydrogens is 317 g/mol. The van der Waals surface area contributed by atoms with Crippen LogP contribution in [0, 0.1) is 0 Å². The van der Waals surface area contributed by atoms with Crippen LogP contribution in [0.4, 0.5) is 5.69 Å². The molecule has 5 nitrogen and oxygen atoms in total. The summed E-state index contributed by atoms with van der Waals surface area (Å²) in [5.74, 6) is -2.19. The summed E-state index contributed by atoms with van der Waals surface area (Å²) in [5.41, 5.74) is 0.289. The first-order valence-corrected chi connectivity index (χ1v) is 6.83. The molecule has 2 rings (SSSR count). The van der Waals surface area contributed by atoms with E-state index in [1.54, 1.807) is 6.92 Å². The summed E-state index contributed by atoms with van der Waals surface area (Å²) in [7, 11) is 0. The maximum atomic E-state index is 12.0. The Morgan fingerprint density at radius 1 is 1.29 bits per heavy atom. The Hall–Kier alpha value is -1.85. The van der Waals surface area contributed by atoms with Gasteiger partial charge in [-0.05, 0) is 19.1 Å². The molecular formula is C14H11Cl2NO4. The summed E-state index contributed by atoms with van der Waals surface area (Å²) in [6.07, 6.45) is 0. The predicted octanol–water partition coefficient (Wildman–Crippen LogP) is 2.64. The first-order valence-electron chi connectivity index (χ1n) is 6.07. The molecule has 0 spiro atoms. The van der Waals surface area contributed by atoms with Crippen molar-refractivity contribution in [3.05, 3.63) is 39.9 Å². The maximum Gasteiger partial charge on any atom is 0.335 e. The monoisotopic (exact) mass is 327 g/mol. The molecule has 7 heteroatoms. The van der Waals surface area contributed by atoms with Crippen molar-refractivity contribution in [2.24, 2.45) is 0 Å². The fourth-order valence-electron chi connectivity index (χ4n) is 1.99. The molecule has 1 heterocycles. The average molecular weight is 328 g/mol. The SMILES string of the molecule is C=C(CN1C(=O)C(=O)c2c(Cl)ccc(Cl)c21)C(=O)OCC. The molecule has 110 valence electrons. The molecule has 1 aromatic carbocycles. The van der Waals surface area contributed by atoms with Crippen LogP contribution in [-0.2, 0) is 14.3 Å². The third-order valence-corrected chi connectivity index (χ3v) is 3.55. The lowest BCUT2D eigenvalue weighted by atomic mass is 10.1. The largest absolute Gasteiger partial charge is 0.463 e. The van der Waals surface area contributed by atoms with Gasteiger partial charge >= 0.3 is 5.97 Å². The van der Waals surface area contributed by atoms with Crippen LogP contribution in [0.1, 0.15) is 17.3 Å². The number of ether oxygens (including phenoxy) is 1. The van der Waals surface area contributed by atoms with Crippen molar-refractivity contribution in [3.63, 3.8) is 0 Å². The van der Waals surface area contributed by atoms with Crippen LogP contribution in [0.15, 0.2) is 24.3 Å². The number of halogens is 2. The zero-order valence-electron chi connectivity index (χ0n) is 11.1. The summed E-state index contributed by atoms with van der Waals surface area (Å²) in [5, 5.41) is 0.335. The van der Waals surface area contributed by atoms with E-state index in [1.807, 2.05) is 0 Å². The van der Waals surface area contributed by atoms with E-state index in [1.165, 1.54) is 12.1 Å². The normalized spacial score (nSPS) is 13.4. The van der Waals surface area contributed by atoms with Gasteiger partial charge in [0.2, 0.25) is 0 Å². The van der Waals surface area contributed by atoms with E-state index in [9.17, 15) is 14.4 Å². The Bertz CT molecular complexity index is 669. The molecule has 0 aliphatic carbocycles. The van der Waals surface area contributed by atoms with Crippen LogP contribution >= 0.6 is 23.2 Å². The van der Waals surface area contributed by atoms with Gasteiger partial charge in [0, 0.05) is 5.57 Å². The number of amides is 1. The first-order chi connectivity index (χ1) is 9.88. The fraction of sp³-hybridized carbons (Fsp3) is 0.214. The zero-order valence-corrected chi connectivity index (χ0v) is 12.6. The van der Waals surface area contributed by atoms with Crippen molar-refractivity contribution in [2.45, 2.75) is 6.92 Å². The molecule has 1 aliphatic heterocycles. The topological polar surface area (TPSA) is 63.7 Å². The van der Waals surface area contributed by atoms with Crippen LogP contribution in [0.2, 0.25) is 10.0 Å². The van der Waals surface area contributed by atoms with Crippen LogP contribution < -0.4 is 4.90 Å². The summed E-state index contributed by atoms with van der Waals surface area (Å²) < 4.78 is 4.80. The number of carbonyl (C=O) groups is 3. The lowest BCUT2D eigenvalue weighted by Gasteiger charge is -2.18. The molecule has 0 bridgehead atoms. The van der Waals surface area contributed by atoms with Crippen molar-refractivity contribution in [1.82, 2.24) is 0 Å².